The highest BCUT2D eigenvalue weighted by Crippen LogP contribution is 2.24. The predicted octanol–water partition coefficient (Wildman–Crippen LogP) is 4.09. The summed E-state index contributed by atoms with van der Waals surface area (Å²) in [6.45, 7) is 7.63. The van der Waals surface area contributed by atoms with E-state index in [1.54, 1.807) is 0 Å². The van der Waals surface area contributed by atoms with Gasteiger partial charge in [0, 0.05) is 5.56 Å². The standard InChI is InChI=1S/C21H22N2O4/c1-13-9-15(3)20(16(4)10-13)26-12-19(24)25-11-18-22-21(23-27-18)17-8-6-5-7-14(17)2/h5-10H,11-12H2,1-4H3. The number of esters is 1. The van der Waals surface area contributed by atoms with Crippen LogP contribution in [0.2, 0.25) is 0 Å². The minimum atomic E-state index is -0.495. The second-order valence-electron chi connectivity index (χ2n) is 6.50. The van der Waals surface area contributed by atoms with E-state index >= 15 is 0 Å². The predicted molar refractivity (Wildman–Crippen MR) is 100 cm³/mol. The molecule has 0 bridgehead atoms. The van der Waals surface area contributed by atoms with E-state index in [0.29, 0.717) is 11.6 Å². The number of rotatable bonds is 6. The summed E-state index contributed by atoms with van der Waals surface area (Å²) in [5.74, 6) is 0.924. The van der Waals surface area contributed by atoms with E-state index in [1.807, 2.05) is 64.1 Å². The molecule has 27 heavy (non-hydrogen) atoms. The molecule has 140 valence electrons. The first-order chi connectivity index (χ1) is 12.9. The lowest BCUT2D eigenvalue weighted by Gasteiger charge is -2.12. The van der Waals surface area contributed by atoms with Gasteiger partial charge in [0.1, 0.15) is 5.75 Å². The summed E-state index contributed by atoms with van der Waals surface area (Å²) in [5.41, 5.74) is 5.05. The molecule has 0 unspecified atom stereocenters. The lowest BCUT2D eigenvalue weighted by Crippen LogP contribution is -2.15. The molecule has 0 atom stereocenters. The monoisotopic (exact) mass is 366 g/mol. The molecule has 6 nitrogen and oxygen atoms in total. The third-order valence-electron chi connectivity index (χ3n) is 4.15. The van der Waals surface area contributed by atoms with Gasteiger partial charge in [0.25, 0.3) is 5.89 Å². The van der Waals surface area contributed by atoms with Gasteiger partial charge >= 0.3 is 5.97 Å². The molecule has 0 radical (unpaired) electrons. The summed E-state index contributed by atoms with van der Waals surface area (Å²) in [4.78, 5) is 16.2. The summed E-state index contributed by atoms with van der Waals surface area (Å²) in [6, 6.07) is 11.8. The summed E-state index contributed by atoms with van der Waals surface area (Å²) in [7, 11) is 0. The Hall–Kier alpha value is -3.15. The Morgan fingerprint density at radius 2 is 1.74 bits per heavy atom. The van der Waals surface area contributed by atoms with Gasteiger partial charge in [0.2, 0.25) is 5.82 Å². The molecule has 0 amide bonds. The van der Waals surface area contributed by atoms with Crippen molar-refractivity contribution >= 4 is 5.97 Å². The second-order valence-corrected chi connectivity index (χ2v) is 6.50. The van der Waals surface area contributed by atoms with Gasteiger partial charge in [-0.2, -0.15) is 4.98 Å². The topological polar surface area (TPSA) is 74.5 Å². The normalized spacial score (nSPS) is 10.7. The molecule has 0 aliphatic rings. The molecule has 6 heteroatoms. The van der Waals surface area contributed by atoms with E-state index in [4.69, 9.17) is 14.0 Å². The number of hydrogen-bond acceptors (Lipinski definition) is 6. The van der Waals surface area contributed by atoms with Gasteiger partial charge in [-0.3, -0.25) is 0 Å². The van der Waals surface area contributed by atoms with Crippen LogP contribution >= 0.6 is 0 Å². The van der Waals surface area contributed by atoms with Crippen molar-refractivity contribution in [1.82, 2.24) is 10.1 Å². The minimum absolute atomic E-state index is 0.0903. The first-order valence-electron chi connectivity index (χ1n) is 8.69. The molecule has 1 aromatic heterocycles. The number of carbonyl (C=O) groups excluding carboxylic acids is 1. The molecule has 3 aromatic rings. The first-order valence-corrected chi connectivity index (χ1v) is 8.69. The van der Waals surface area contributed by atoms with E-state index in [9.17, 15) is 4.79 Å². The van der Waals surface area contributed by atoms with Crippen molar-refractivity contribution in [3.8, 4) is 17.1 Å². The largest absolute Gasteiger partial charge is 0.481 e. The SMILES string of the molecule is Cc1cc(C)c(OCC(=O)OCc2nc(-c3ccccc3C)no2)c(C)c1. The third kappa shape index (κ3) is 4.53. The quantitative estimate of drug-likeness (QED) is 0.612. The minimum Gasteiger partial charge on any atom is -0.481 e. The maximum atomic E-state index is 12.0. The van der Waals surface area contributed by atoms with Crippen molar-refractivity contribution in [3.05, 3.63) is 64.5 Å². The molecule has 0 aliphatic heterocycles. The van der Waals surface area contributed by atoms with E-state index in [-0.39, 0.29) is 19.1 Å². The number of benzene rings is 2. The van der Waals surface area contributed by atoms with Crippen LogP contribution < -0.4 is 4.74 Å². The Morgan fingerprint density at radius 1 is 1.04 bits per heavy atom. The fraction of sp³-hybridized carbons (Fsp3) is 0.286. The summed E-state index contributed by atoms with van der Waals surface area (Å²) in [6.07, 6.45) is 0. The molecule has 3 rings (SSSR count). The van der Waals surface area contributed by atoms with Crippen molar-refractivity contribution in [1.29, 1.82) is 0 Å². The Morgan fingerprint density at radius 3 is 2.44 bits per heavy atom. The maximum Gasteiger partial charge on any atom is 0.344 e. The van der Waals surface area contributed by atoms with Crippen LogP contribution in [0.4, 0.5) is 0 Å². The zero-order valence-corrected chi connectivity index (χ0v) is 15.9. The second kappa shape index (κ2) is 8.03. The number of carbonyl (C=O) groups is 1. The van der Waals surface area contributed by atoms with Crippen molar-refractivity contribution in [2.45, 2.75) is 34.3 Å². The van der Waals surface area contributed by atoms with Crippen LogP contribution in [-0.4, -0.2) is 22.7 Å². The highest BCUT2D eigenvalue weighted by atomic mass is 16.6. The number of nitrogens with zero attached hydrogens (tertiary/aromatic N) is 2. The fourth-order valence-corrected chi connectivity index (χ4v) is 2.96. The number of aromatic nitrogens is 2. The van der Waals surface area contributed by atoms with Gasteiger partial charge in [0.05, 0.1) is 0 Å². The summed E-state index contributed by atoms with van der Waals surface area (Å²) < 4.78 is 16.0. The Kier molecular flexibility index (Phi) is 5.54. The van der Waals surface area contributed by atoms with Gasteiger partial charge < -0.3 is 14.0 Å². The van der Waals surface area contributed by atoms with Gasteiger partial charge in [-0.25, -0.2) is 4.79 Å². The molecular formula is C21H22N2O4. The van der Waals surface area contributed by atoms with Crippen molar-refractivity contribution < 1.29 is 18.8 Å². The molecule has 0 spiro atoms. The van der Waals surface area contributed by atoms with E-state index in [0.717, 1.165) is 27.8 Å². The average Bonchev–Trinajstić information content (AvgIpc) is 3.08. The number of ether oxygens (including phenoxy) is 2. The molecular weight excluding hydrogens is 344 g/mol. The van der Waals surface area contributed by atoms with Gasteiger partial charge in [-0.1, -0.05) is 47.1 Å². The average molecular weight is 366 g/mol. The smallest absolute Gasteiger partial charge is 0.344 e. The molecule has 0 saturated carbocycles. The molecule has 0 fully saturated rings. The Bertz CT molecular complexity index is 939. The van der Waals surface area contributed by atoms with Crippen LogP contribution in [0, 0.1) is 27.7 Å². The lowest BCUT2D eigenvalue weighted by atomic mass is 10.1. The van der Waals surface area contributed by atoms with Crippen LogP contribution in [0.1, 0.15) is 28.1 Å². The zero-order chi connectivity index (χ0) is 19.4. The molecule has 0 N–H and O–H groups in total. The fourth-order valence-electron chi connectivity index (χ4n) is 2.96. The van der Waals surface area contributed by atoms with Crippen LogP contribution in [0.3, 0.4) is 0 Å². The van der Waals surface area contributed by atoms with Crippen molar-refractivity contribution in [3.63, 3.8) is 0 Å². The van der Waals surface area contributed by atoms with Crippen LogP contribution in [0.5, 0.6) is 5.75 Å². The zero-order valence-electron chi connectivity index (χ0n) is 15.9. The van der Waals surface area contributed by atoms with Crippen molar-refractivity contribution in [2.24, 2.45) is 0 Å². The van der Waals surface area contributed by atoms with Crippen molar-refractivity contribution in [2.75, 3.05) is 6.61 Å². The molecule has 0 aliphatic carbocycles. The van der Waals surface area contributed by atoms with Crippen LogP contribution in [0.15, 0.2) is 40.9 Å². The molecule has 1 heterocycles. The lowest BCUT2D eigenvalue weighted by molar-refractivity contribution is -0.148. The molecule has 2 aromatic carbocycles. The van der Waals surface area contributed by atoms with E-state index in [1.165, 1.54) is 0 Å². The first kappa shape index (κ1) is 18.6. The summed E-state index contributed by atoms with van der Waals surface area (Å²) >= 11 is 0. The number of hydrogen-bond donors (Lipinski definition) is 0. The van der Waals surface area contributed by atoms with E-state index in [2.05, 4.69) is 10.1 Å². The van der Waals surface area contributed by atoms with E-state index < -0.39 is 5.97 Å². The van der Waals surface area contributed by atoms with Gasteiger partial charge in [0.15, 0.2) is 13.2 Å². The molecule has 0 saturated heterocycles. The maximum absolute atomic E-state index is 12.0. The Labute approximate surface area is 158 Å². The number of aryl methyl sites for hydroxylation is 4. The Balaban J connectivity index is 1.55. The third-order valence-corrected chi connectivity index (χ3v) is 4.15. The van der Waals surface area contributed by atoms with Gasteiger partial charge in [-0.05, 0) is 44.4 Å². The van der Waals surface area contributed by atoms with Gasteiger partial charge in [-0.15, -0.1) is 0 Å². The van der Waals surface area contributed by atoms with Crippen LogP contribution in [-0.2, 0) is 16.1 Å². The highest BCUT2D eigenvalue weighted by molar-refractivity contribution is 5.71. The highest BCUT2D eigenvalue weighted by Gasteiger charge is 2.14. The van der Waals surface area contributed by atoms with Crippen LogP contribution in [0.25, 0.3) is 11.4 Å². The summed E-state index contributed by atoms with van der Waals surface area (Å²) in [5, 5.41) is 3.94.